The maximum atomic E-state index is 13.0. The Labute approximate surface area is 107 Å². The van der Waals surface area contributed by atoms with E-state index < -0.39 is 17.7 Å². The fraction of sp³-hybridized carbons (Fsp3) is 0.571. The number of hydrogen-bond acceptors (Lipinski definition) is 2. The summed E-state index contributed by atoms with van der Waals surface area (Å²) >= 11 is 0. The van der Waals surface area contributed by atoms with Gasteiger partial charge in [0.25, 0.3) is 0 Å². The van der Waals surface area contributed by atoms with Crippen LogP contribution in [0.1, 0.15) is 38.9 Å². The lowest BCUT2D eigenvalue weighted by atomic mass is 9.92. The Hall–Kier alpha value is -1.00. The van der Waals surface area contributed by atoms with Crippen molar-refractivity contribution in [1.82, 2.24) is 5.32 Å². The van der Waals surface area contributed by atoms with E-state index in [9.17, 15) is 13.9 Å². The van der Waals surface area contributed by atoms with Crippen molar-refractivity contribution in [2.45, 2.75) is 33.3 Å². The molecule has 0 amide bonds. The Balaban J connectivity index is 2.41. The van der Waals surface area contributed by atoms with Gasteiger partial charge in [0, 0.05) is 6.54 Å². The molecule has 4 heteroatoms. The maximum absolute atomic E-state index is 13.0. The molecule has 0 heterocycles. The fourth-order valence-electron chi connectivity index (χ4n) is 1.54. The van der Waals surface area contributed by atoms with Crippen LogP contribution >= 0.6 is 0 Å². The summed E-state index contributed by atoms with van der Waals surface area (Å²) in [7, 11) is 0. The van der Waals surface area contributed by atoms with Crippen LogP contribution in [0.15, 0.2) is 18.2 Å². The van der Waals surface area contributed by atoms with Crippen LogP contribution in [0.2, 0.25) is 0 Å². The Bertz CT molecular complexity index is 388. The van der Waals surface area contributed by atoms with E-state index in [0.29, 0.717) is 12.1 Å². The monoisotopic (exact) mass is 257 g/mol. The van der Waals surface area contributed by atoms with Gasteiger partial charge in [0.2, 0.25) is 0 Å². The molecule has 1 rings (SSSR count). The summed E-state index contributed by atoms with van der Waals surface area (Å²) in [5, 5.41) is 12.9. The van der Waals surface area contributed by atoms with Crippen LogP contribution in [0, 0.1) is 17.0 Å². The first-order chi connectivity index (χ1) is 8.29. The zero-order valence-electron chi connectivity index (χ0n) is 11.1. The summed E-state index contributed by atoms with van der Waals surface area (Å²) < 4.78 is 25.7. The third kappa shape index (κ3) is 5.10. The van der Waals surface area contributed by atoms with Crippen LogP contribution in [-0.4, -0.2) is 18.2 Å². The quantitative estimate of drug-likeness (QED) is 0.795. The average Bonchev–Trinajstić information content (AvgIpc) is 2.26. The van der Waals surface area contributed by atoms with Crippen molar-refractivity contribution in [2.24, 2.45) is 5.41 Å². The molecule has 0 aliphatic carbocycles. The largest absolute Gasteiger partial charge is 0.387 e. The smallest absolute Gasteiger partial charge is 0.159 e. The van der Waals surface area contributed by atoms with Crippen molar-refractivity contribution in [1.29, 1.82) is 0 Å². The summed E-state index contributed by atoms with van der Waals surface area (Å²) in [6.45, 7) is 7.53. The molecule has 0 saturated carbocycles. The molecule has 0 spiro atoms. The van der Waals surface area contributed by atoms with Gasteiger partial charge >= 0.3 is 0 Å². The summed E-state index contributed by atoms with van der Waals surface area (Å²) in [5.74, 6) is -1.83. The number of benzene rings is 1. The highest BCUT2D eigenvalue weighted by molar-refractivity contribution is 5.20. The molecule has 1 unspecified atom stereocenters. The third-order valence-corrected chi connectivity index (χ3v) is 2.72. The van der Waals surface area contributed by atoms with E-state index in [-0.39, 0.29) is 5.41 Å². The van der Waals surface area contributed by atoms with Crippen molar-refractivity contribution in [2.75, 3.05) is 13.1 Å². The molecule has 0 radical (unpaired) electrons. The highest BCUT2D eigenvalue weighted by Gasteiger charge is 2.12. The first kappa shape index (κ1) is 15.1. The molecule has 0 aliphatic rings. The molecule has 0 saturated heterocycles. The van der Waals surface area contributed by atoms with E-state index in [0.717, 1.165) is 25.1 Å². The van der Waals surface area contributed by atoms with Crippen LogP contribution in [0.4, 0.5) is 8.78 Å². The van der Waals surface area contributed by atoms with Gasteiger partial charge in [-0.2, -0.15) is 0 Å². The summed E-state index contributed by atoms with van der Waals surface area (Å²) in [6, 6.07) is 3.46. The van der Waals surface area contributed by atoms with Gasteiger partial charge in [-0.1, -0.05) is 26.8 Å². The second-order valence-corrected chi connectivity index (χ2v) is 5.70. The van der Waals surface area contributed by atoms with Crippen LogP contribution in [0.25, 0.3) is 0 Å². The van der Waals surface area contributed by atoms with Crippen molar-refractivity contribution in [3.63, 3.8) is 0 Å². The number of hydrogen-bond donors (Lipinski definition) is 2. The minimum atomic E-state index is -0.929. The number of nitrogens with one attached hydrogen (secondary N) is 1. The van der Waals surface area contributed by atoms with Crippen LogP contribution in [0.5, 0.6) is 0 Å². The molecule has 2 nitrogen and oxygen atoms in total. The molecule has 18 heavy (non-hydrogen) atoms. The van der Waals surface area contributed by atoms with E-state index in [2.05, 4.69) is 26.1 Å². The van der Waals surface area contributed by atoms with Crippen LogP contribution in [-0.2, 0) is 0 Å². The Morgan fingerprint density at radius 3 is 2.44 bits per heavy atom. The molecule has 1 aromatic rings. The summed E-state index contributed by atoms with van der Waals surface area (Å²) in [5.41, 5.74) is 0.622. The zero-order valence-corrected chi connectivity index (χ0v) is 11.1. The second kappa shape index (κ2) is 6.25. The standard InChI is InChI=1S/C14H21F2NO/c1-14(2,3)6-7-17-9-13(18)10-4-5-11(15)12(16)8-10/h4-5,8,13,17-18H,6-7,9H2,1-3H3. The number of halogens is 2. The predicted molar refractivity (Wildman–Crippen MR) is 68.3 cm³/mol. The van der Waals surface area contributed by atoms with E-state index >= 15 is 0 Å². The van der Waals surface area contributed by atoms with E-state index in [4.69, 9.17) is 0 Å². The number of rotatable bonds is 5. The van der Waals surface area contributed by atoms with Crippen LogP contribution < -0.4 is 5.32 Å². The van der Waals surface area contributed by atoms with Gasteiger partial charge in [0.15, 0.2) is 11.6 Å². The SMILES string of the molecule is CC(C)(C)CCNCC(O)c1ccc(F)c(F)c1. The minimum Gasteiger partial charge on any atom is -0.387 e. The molecular formula is C14H21F2NO. The molecule has 1 atom stereocenters. The molecule has 0 aliphatic heterocycles. The summed E-state index contributed by atoms with van der Waals surface area (Å²) in [6.07, 6.45) is 0.164. The van der Waals surface area contributed by atoms with Gasteiger partial charge in [-0.25, -0.2) is 8.78 Å². The Kier molecular flexibility index (Phi) is 5.23. The molecule has 2 N–H and O–H groups in total. The van der Waals surface area contributed by atoms with Crippen molar-refractivity contribution < 1.29 is 13.9 Å². The second-order valence-electron chi connectivity index (χ2n) is 5.70. The van der Waals surface area contributed by atoms with E-state index in [1.165, 1.54) is 6.07 Å². The highest BCUT2D eigenvalue weighted by Crippen LogP contribution is 2.18. The summed E-state index contributed by atoms with van der Waals surface area (Å²) in [4.78, 5) is 0. The number of aliphatic hydroxyl groups is 1. The normalized spacial score (nSPS) is 13.7. The van der Waals surface area contributed by atoms with Crippen molar-refractivity contribution >= 4 is 0 Å². The molecule has 102 valence electrons. The highest BCUT2D eigenvalue weighted by atomic mass is 19.2. The maximum Gasteiger partial charge on any atom is 0.159 e. The predicted octanol–water partition coefficient (Wildman–Crippen LogP) is 3.02. The molecular weight excluding hydrogens is 236 g/mol. The van der Waals surface area contributed by atoms with Gasteiger partial charge in [-0.3, -0.25) is 0 Å². The fourth-order valence-corrected chi connectivity index (χ4v) is 1.54. The van der Waals surface area contributed by atoms with Gasteiger partial charge in [0.1, 0.15) is 0 Å². The van der Waals surface area contributed by atoms with Crippen molar-refractivity contribution in [3.8, 4) is 0 Å². The Morgan fingerprint density at radius 1 is 1.22 bits per heavy atom. The molecule has 0 bridgehead atoms. The van der Waals surface area contributed by atoms with Gasteiger partial charge < -0.3 is 10.4 Å². The van der Waals surface area contributed by atoms with Gasteiger partial charge in [-0.05, 0) is 36.1 Å². The first-order valence-corrected chi connectivity index (χ1v) is 6.13. The first-order valence-electron chi connectivity index (χ1n) is 6.13. The molecule has 0 fully saturated rings. The number of aliphatic hydroxyl groups excluding tert-OH is 1. The van der Waals surface area contributed by atoms with Crippen molar-refractivity contribution in [3.05, 3.63) is 35.4 Å². The zero-order chi connectivity index (χ0) is 13.8. The van der Waals surface area contributed by atoms with E-state index in [1.807, 2.05) is 0 Å². The molecule has 1 aromatic carbocycles. The van der Waals surface area contributed by atoms with E-state index in [1.54, 1.807) is 0 Å². The lowest BCUT2D eigenvalue weighted by molar-refractivity contribution is 0.172. The third-order valence-electron chi connectivity index (χ3n) is 2.72. The Morgan fingerprint density at radius 2 is 1.89 bits per heavy atom. The topological polar surface area (TPSA) is 32.3 Å². The van der Waals surface area contributed by atoms with Gasteiger partial charge in [-0.15, -0.1) is 0 Å². The average molecular weight is 257 g/mol. The van der Waals surface area contributed by atoms with Crippen LogP contribution in [0.3, 0.4) is 0 Å². The lowest BCUT2D eigenvalue weighted by Crippen LogP contribution is -2.25. The molecule has 0 aromatic heterocycles. The van der Waals surface area contributed by atoms with Gasteiger partial charge in [0.05, 0.1) is 6.10 Å². The lowest BCUT2D eigenvalue weighted by Gasteiger charge is -2.19. The minimum absolute atomic E-state index is 0.236.